The van der Waals surface area contributed by atoms with E-state index >= 15 is 0 Å². The van der Waals surface area contributed by atoms with Crippen molar-refractivity contribution in [3.05, 3.63) is 0 Å². The third-order valence-corrected chi connectivity index (χ3v) is 3.44. The molecule has 1 saturated heterocycles. The summed E-state index contributed by atoms with van der Waals surface area (Å²) in [5.74, 6) is 0. The summed E-state index contributed by atoms with van der Waals surface area (Å²) < 4.78 is 5.60. The molecule has 1 heterocycles. The lowest BCUT2D eigenvalue weighted by molar-refractivity contribution is 0.0235. The molecule has 3 nitrogen and oxygen atoms in total. The Balaban J connectivity index is 2.44. The topological polar surface area (TPSA) is 38.5 Å². The summed E-state index contributed by atoms with van der Waals surface area (Å²) >= 11 is 0. The quantitative estimate of drug-likeness (QED) is 0.755. The average molecular weight is 214 g/mol. The molecule has 1 aliphatic heterocycles. The van der Waals surface area contributed by atoms with Crippen LogP contribution in [0.25, 0.3) is 0 Å². The first kappa shape index (κ1) is 12.9. The van der Waals surface area contributed by atoms with Crippen LogP contribution in [-0.4, -0.2) is 42.3 Å². The Labute approximate surface area is 94.0 Å². The summed E-state index contributed by atoms with van der Waals surface area (Å²) in [5, 5.41) is 0. The minimum Gasteiger partial charge on any atom is -0.377 e. The van der Waals surface area contributed by atoms with Crippen LogP contribution in [0.1, 0.15) is 40.5 Å². The fourth-order valence-electron chi connectivity index (χ4n) is 2.03. The summed E-state index contributed by atoms with van der Waals surface area (Å²) in [4.78, 5) is 2.49. The van der Waals surface area contributed by atoms with Crippen molar-refractivity contribution in [2.24, 2.45) is 5.73 Å². The largest absolute Gasteiger partial charge is 0.377 e. The monoisotopic (exact) mass is 214 g/mol. The van der Waals surface area contributed by atoms with Crippen LogP contribution in [-0.2, 0) is 4.74 Å². The summed E-state index contributed by atoms with van der Waals surface area (Å²) in [5.41, 5.74) is 6.27. The van der Waals surface area contributed by atoms with Crippen LogP contribution in [0.5, 0.6) is 0 Å². The van der Waals surface area contributed by atoms with Gasteiger partial charge in [-0.25, -0.2) is 0 Å². The molecule has 15 heavy (non-hydrogen) atoms. The van der Waals surface area contributed by atoms with Crippen molar-refractivity contribution < 1.29 is 4.74 Å². The van der Waals surface area contributed by atoms with E-state index in [4.69, 9.17) is 10.5 Å². The van der Waals surface area contributed by atoms with Gasteiger partial charge in [-0.1, -0.05) is 0 Å². The van der Waals surface area contributed by atoms with Gasteiger partial charge in [-0.3, -0.25) is 4.90 Å². The summed E-state index contributed by atoms with van der Waals surface area (Å²) in [7, 11) is 0. The fourth-order valence-corrected chi connectivity index (χ4v) is 2.03. The standard InChI is InChI=1S/C12H26N2O/c1-10(2)15-9-11(13)12(3,4)14-7-5-6-8-14/h10-11H,5-9,13H2,1-4H3. The smallest absolute Gasteiger partial charge is 0.0638 e. The number of likely N-dealkylation sites (tertiary alicyclic amines) is 1. The molecule has 0 aliphatic carbocycles. The number of nitrogens with zero attached hydrogens (tertiary/aromatic N) is 1. The maximum absolute atomic E-state index is 6.21. The minimum atomic E-state index is 0.0609. The highest BCUT2D eigenvalue weighted by molar-refractivity contribution is 4.93. The highest BCUT2D eigenvalue weighted by Crippen LogP contribution is 2.23. The van der Waals surface area contributed by atoms with Crippen LogP contribution in [0.2, 0.25) is 0 Å². The van der Waals surface area contributed by atoms with Gasteiger partial charge in [0.1, 0.15) is 0 Å². The maximum Gasteiger partial charge on any atom is 0.0638 e. The summed E-state index contributed by atoms with van der Waals surface area (Å²) in [6, 6.07) is 0.0954. The van der Waals surface area contributed by atoms with E-state index in [1.807, 2.05) is 0 Å². The van der Waals surface area contributed by atoms with Gasteiger partial charge in [0.2, 0.25) is 0 Å². The molecule has 2 N–H and O–H groups in total. The van der Waals surface area contributed by atoms with E-state index in [0.717, 1.165) is 0 Å². The molecule has 0 bridgehead atoms. The molecule has 1 atom stereocenters. The Kier molecular flexibility index (Phi) is 4.56. The highest BCUT2D eigenvalue weighted by Gasteiger charge is 2.34. The SMILES string of the molecule is CC(C)OCC(N)C(C)(C)N1CCCC1. The van der Waals surface area contributed by atoms with Crippen molar-refractivity contribution in [1.29, 1.82) is 0 Å². The maximum atomic E-state index is 6.21. The van der Waals surface area contributed by atoms with Crippen LogP contribution < -0.4 is 5.73 Å². The Bertz CT molecular complexity index is 186. The Morgan fingerprint density at radius 3 is 2.27 bits per heavy atom. The third-order valence-electron chi connectivity index (χ3n) is 3.44. The van der Waals surface area contributed by atoms with Gasteiger partial charge in [0.15, 0.2) is 0 Å². The lowest BCUT2D eigenvalue weighted by atomic mass is 9.94. The van der Waals surface area contributed by atoms with E-state index in [1.54, 1.807) is 0 Å². The fraction of sp³-hybridized carbons (Fsp3) is 1.00. The zero-order valence-electron chi connectivity index (χ0n) is 10.6. The van der Waals surface area contributed by atoms with Crippen molar-refractivity contribution in [3.8, 4) is 0 Å². The zero-order valence-corrected chi connectivity index (χ0v) is 10.6. The average Bonchev–Trinajstić information content (AvgIpc) is 2.66. The lowest BCUT2D eigenvalue weighted by Crippen LogP contribution is -2.57. The molecule has 0 aromatic carbocycles. The molecule has 0 aromatic rings. The number of ether oxygens (including phenoxy) is 1. The van der Waals surface area contributed by atoms with Crippen LogP contribution in [0.15, 0.2) is 0 Å². The summed E-state index contributed by atoms with van der Waals surface area (Å²) in [6.07, 6.45) is 2.88. The molecule has 0 saturated carbocycles. The van der Waals surface area contributed by atoms with Crippen molar-refractivity contribution in [3.63, 3.8) is 0 Å². The third kappa shape index (κ3) is 3.44. The second kappa shape index (κ2) is 5.28. The van der Waals surface area contributed by atoms with Crippen molar-refractivity contribution in [1.82, 2.24) is 4.90 Å². The van der Waals surface area contributed by atoms with E-state index in [1.165, 1.54) is 25.9 Å². The number of rotatable bonds is 5. The molecule has 1 fully saturated rings. The molecular weight excluding hydrogens is 188 g/mol. The van der Waals surface area contributed by atoms with Crippen molar-refractivity contribution >= 4 is 0 Å². The van der Waals surface area contributed by atoms with Gasteiger partial charge in [0, 0.05) is 11.6 Å². The van der Waals surface area contributed by atoms with Crippen LogP contribution >= 0.6 is 0 Å². The second-order valence-electron chi connectivity index (χ2n) is 5.34. The highest BCUT2D eigenvalue weighted by atomic mass is 16.5. The minimum absolute atomic E-state index is 0.0609. The van der Waals surface area contributed by atoms with E-state index in [-0.39, 0.29) is 17.7 Å². The molecule has 90 valence electrons. The van der Waals surface area contributed by atoms with Gasteiger partial charge in [-0.05, 0) is 53.6 Å². The van der Waals surface area contributed by atoms with Crippen molar-refractivity contribution in [2.75, 3.05) is 19.7 Å². The Morgan fingerprint density at radius 2 is 1.80 bits per heavy atom. The number of nitrogens with two attached hydrogens (primary N) is 1. The molecule has 0 radical (unpaired) electrons. The zero-order chi connectivity index (χ0) is 11.5. The molecule has 1 rings (SSSR count). The first-order chi connectivity index (χ1) is 6.94. The molecular formula is C12H26N2O. The first-order valence-electron chi connectivity index (χ1n) is 6.07. The van der Waals surface area contributed by atoms with E-state index in [0.29, 0.717) is 6.61 Å². The predicted octanol–water partition coefficient (Wildman–Crippen LogP) is 1.61. The van der Waals surface area contributed by atoms with Gasteiger partial charge in [-0.2, -0.15) is 0 Å². The van der Waals surface area contributed by atoms with Crippen molar-refractivity contribution in [2.45, 2.75) is 58.2 Å². The van der Waals surface area contributed by atoms with E-state index < -0.39 is 0 Å². The van der Waals surface area contributed by atoms with Crippen LogP contribution in [0, 0.1) is 0 Å². The first-order valence-corrected chi connectivity index (χ1v) is 6.07. The number of hydrogen-bond acceptors (Lipinski definition) is 3. The normalized spacial score (nSPS) is 21.2. The predicted molar refractivity (Wildman–Crippen MR) is 63.9 cm³/mol. The lowest BCUT2D eigenvalue weighted by Gasteiger charge is -2.40. The molecule has 0 aromatic heterocycles. The molecule has 1 unspecified atom stereocenters. The molecule has 0 amide bonds. The van der Waals surface area contributed by atoms with Gasteiger partial charge in [0.25, 0.3) is 0 Å². The molecule has 1 aliphatic rings. The Hall–Kier alpha value is -0.120. The van der Waals surface area contributed by atoms with Gasteiger partial charge in [0.05, 0.1) is 12.7 Å². The van der Waals surface area contributed by atoms with E-state index in [2.05, 4.69) is 32.6 Å². The molecule has 0 spiro atoms. The van der Waals surface area contributed by atoms with Gasteiger partial charge < -0.3 is 10.5 Å². The van der Waals surface area contributed by atoms with Crippen LogP contribution in [0.3, 0.4) is 0 Å². The summed E-state index contributed by atoms with van der Waals surface area (Å²) in [6.45, 7) is 11.6. The Morgan fingerprint density at radius 1 is 1.27 bits per heavy atom. The number of hydrogen-bond donors (Lipinski definition) is 1. The second-order valence-corrected chi connectivity index (χ2v) is 5.34. The van der Waals surface area contributed by atoms with Gasteiger partial charge in [-0.15, -0.1) is 0 Å². The molecule has 3 heteroatoms. The van der Waals surface area contributed by atoms with E-state index in [9.17, 15) is 0 Å². The van der Waals surface area contributed by atoms with Crippen LogP contribution in [0.4, 0.5) is 0 Å². The van der Waals surface area contributed by atoms with Gasteiger partial charge >= 0.3 is 0 Å².